The lowest BCUT2D eigenvalue weighted by atomic mass is 9.60. The first-order valence-corrected chi connectivity index (χ1v) is 5.59. The number of ether oxygens (including phenoxy) is 1. The first kappa shape index (κ1) is 9.97. The van der Waals surface area contributed by atoms with Crippen LogP contribution in [0.15, 0.2) is 0 Å². The summed E-state index contributed by atoms with van der Waals surface area (Å²) < 4.78 is 5.07. The van der Waals surface area contributed by atoms with Gasteiger partial charge in [0.15, 0.2) is 0 Å². The van der Waals surface area contributed by atoms with Crippen molar-refractivity contribution in [3.05, 3.63) is 0 Å². The van der Waals surface area contributed by atoms with Crippen molar-refractivity contribution in [1.82, 2.24) is 0 Å². The summed E-state index contributed by atoms with van der Waals surface area (Å²) in [5.41, 5.74) is 5.37. The van der Waals surface area contributed by atoms with E-state index in [0.29, 0.717) is 13.2 Å². The van der Waals surface area contributed by atoms with E-state index in [1.807, 2.05) is 6.92 Å². The third-order valence-corrected chi connectivity index (χ3v) is 3.69. The summed E-state index contributed by atoms with van der Waals surface area (Å²) in [4.78, 5) is 11.7. The van der Waals surface area contributed by atoms with Crippen LogP contribution in [0.5, 0.6) is 0 Å². The molecule has 0 radical (unpaired) electrons. The largest absolute Gasteiger partial charge is 0.466 e. The molecule has 0 atom stereocenters. The number of carbonyl (C=O) groups is 1. The normalized spacial score (nSPS) is 36.3. The number of rotatable bonds is 4. The van der Waals surface area contributed by atoms with Crippen LogP contribution in [0.25, 0.3) is 0 Å². The van der Waals surface area contributed by atoms with E-state index in [1.54, 1.807) is 0 Å². The van der Waals surface area contributed by atoms with Crippen molar-refractivity contribution in [1.29, 1.82) is 0 Å². The molecule has 0 saturated heterocycles. The van der Waals surface area contributed by atoms with Gasteiger partial charge in [-0.25, -0.2) is 0 Å². The van der Waals surface area contributed by atoms with Crippen LogP contribution in [-0.2, 0) is 9.53 Å². The molecule has 0 bridgehead atoms. The Morgan fingerprint density at radius 3 is 2.50 bits per heavy atom. The van der Waals surface area contributed by atoms with Crippen molar-refractivity contribution in [3.8, 4) is 0 Å². The second kappa shape index (κ2) is 3.54. The predicted octanol–water partition coefficient (Wildman–Crippen LogP) is 1.31. The molecule has 0 heterocycles. The zero-order valence-corrected chi connectivity index (χ0v) is 8.79. The lowest BCUT2D eigenvalue weighted by Gasteiger charge is -2.45. The van der Waals surface area contributed by atoms with Gasteiger partial charge in [-0.15, -0.1) is 0 Å². The molecule has 0 aromatic rings. The Labute approximate surface area is 85.0 Å². The quantitative estimate of drug-likeness (QED) is 0.691. The van der Waals surface area contributed by atoms with Gasteiger partial charge in [0, 0.05) is 6.54 Å². The highest BCUT2D eigenvalue weighted by atomic mass is 16.5. The zero-order valence-electron chi connectivity index (χ0n) is 8.79. The summed E-state index contributed by atoms with van der Waals surface area (Å²) in [7, 11) is 0. The molecule has 0 spiro atoms. The van der Waals surface area contributed by atoms with Crippen LogP contribution in [0.2, 0.25) is 0 Å². The van der Waals surface area contributed by atoms with E-state index < -0.39 is 0 Å². The van der Waals surface area contributed by atoms with Crippen LogP contribution >= 0.6 is 0 Å². The molecule has 80 valence electrons. The molecule has 0 aliphatic heterocycles. The molecule has 2 aliphatic rings. The van der Waals surface area contributed by atoms with Gasteiger partial charge in [0.2, 0.25) is 0 Å². The molecule has 0 aromatic carbocycles. The molecule has 14 heavy (non-hydrogen) atoms. The average molecular weight is 197 g/mol. The van der Waals surface area contributed by atoms with Gasteiger partial charge in [0.25, 0.3) is 0 Å². The van der Waals surface area contributed by atoms with Crippen molar-refractivity contribution in [3.63, 3.8) is 0 Å². The molecule has 0 unspecified atom stereocenters. The topological polar surface area (TPSA) is 52.3 Å². The van der Waals surface area contributed by atoms with Gasteiger partial charge in [0.05, 0.1) is 12.0 Å². The van der Waals surface area contributed by atoms with Crippen LogP contribution < -0.4 is 5.73 Å². The fraction of sp³-hybridized carbons (Fsp3) is 0.909. The lowest BCUT2D eigenvalue weighted by molar-refractivity contribution is -0.164. The Kier molecular flexibility index (Phi) is 2.52. The van der Waals surface area contributed by atoms with Gasteiger partial charge in [0.1, 0.15) is 0 Å². The summed E-state index contributed by atoms with van der Waals surface area (Å²) in [6.45, 7) is 2.77. The number of nitrogens with two attached hydrogens (primary N) is 1. The van der Waals surface area contributed by atoms with E-state index in [1.165, 1.54) is 12.8 Å². The molecule has 2 aliphatic carbocycles. The van der Waals surface area contributed by atoms with Crippen molar-refractivity contribution in [2.45, 2.75) is 32.6 Å². The van der Waals surface area contributed by atoms with E-state index >= 15 is 0 Å². The fourth-order valence-corrected chi connectivity index (χ4v) is 2.55. The monoisotopic (exact) mass is 197 g/mol. The Bertz CT molecular complexity index is 229. The van der Waals surface area contributed by atoms with Gasteiger partial charge < -0.3 is 10.5 Å². The predicted molar refractivity (Wildman–Crippen MR) is 53.6 cm³/mol. The van der Waals surface area contributed by atoms with Crippen LogP contribution in [0.1, 0.15) is 32.6 Å². The highest BCUT2D eigenvalue weighted by Crippen LogP contribution is 2.55. The third-order valence-electron chi connectivity index (χ3n) is 3.69. The number of esters is 1. The second-order valence-corrected chi connectivity index (χ2v) is 4.71. The van der Waals surface area contributed by atoms with Gasteiger partial charge in [-0.1, -0.05) is 0 Å². The van der Waals surface area contributed by atoms with Crippen LogP contribution in [0.4, 0.5) is 0 Å². The summed E-state index contributed by atoms with van der Waals surface area (Å²) in [5, 5.41) is 0. The maximum atomic E-state index is 11.7. The number of hydrogen-bond acceptors (Lipinski definition) is 3. The molecule has 0 amide bonds. The highest BCUT2D eigenvalue weighted by Gasteiger charge is 2.54. The van der Waals surface area contributed by atoms with Gasteiger partial charge in [-0.3, -0.25) is 4.79 Å². The van der Waals surface area contributed by atoms with Gasteiger partial charge >= 0.3 is 5.97 Å². The molecule has 2 N–H and O–H groups in total. The van der Waals surface area contributed by atoms with Gasteiger partial charge in [-0.2, -0.15) is 0 Å². The smallest absolute Gasteiger partial charge is 0.313 e. The van der Waals surface area contributed by atoms with Crippen molar-refractivity contribution in [2.24, 2.45) is 23.0 Å². The van der Waals surface area contributed by atoms with Crippen LogP contribution in [-0.4, -0.2) is 19.1 Å². The maximum absolute atomic E-state index is 11.7. The first-order valence-electron chi connectivity index (χ1n) is 5.59. The summed E-state index contributed by atoms with van der Waals surface area (Å²) in [5.74, 6) is 1.58. The summed E-state index contributed by atoms with van der Waals surface area (Å²) >= 11 is 0. The van der Waals surface area contributed by atoms with Crippen LogP contribution in [0.3, 0.4) is 0 Å². The third kappa shape index (κ3) is 1.54. The first-order chi connectivity index (χ1) is 6.72. The molecular weight excluding hydrogens is 178 g/mol. The van der Waals surface area contributed by atoms with Crippen LogP contribution in [0, 0.1) is 17.3 Å². The average Bonchev–Trinajstić information content (AvgIpc) is 2.87. The molecule has 0 aromatic heterocycles. The molecule has 2 saturated carbocycles. The SMILES string of the molecule is CCOC(=O)C1(CN)CC(C2CC2)C1. The number of carbonyl (C=O) groups excluding carboxylic acids is 1. The van der Waals surface area contributed by atoms with Gasteiger partial charge in [-0.05, 0) is 44.4 Å². The maximum Gasteiger partial charge on any atom is 0.313 e. The minimum atomic E-state index is -0.316. The Morgan fingerprint density at radius 2 is 2.07 bits per heavy atom. The Balaban J connectivity index is 1.89. The Hall–Kier alpha value is -0.570. The van der Waals surface area contributed by atoms with E-state index in [-0.39, 0.29) is 11.4 Å². The Morgan fingerprint density at radius 1 is 1.43 bits per heavy atom. The van der Waals surface area contributed by atoms with Crippen molar-refractivity contribution in [2.75, 3.05) is 13.2 Å². The highest BCUT2D eigenvalue weighted by molar-refractivity contribution is 5.78. The second-order valence-electron chi connectivity index (χ2n) is 4.71. The van der Waals surface area contributed by atoms with Crippen molar-refractivity contribution < 1.29 is 9.53 Å². The lowest BCUT2D eigenvalue weighted by Crippen LogP contribution is -2.50. The zero-order chi connectivity index (χ0) is 10.2. The molecule has 2 rings (SSSR count). The van der Waals surface area contributed by atoms with Crippen molar-refractivity contribution >= 4 is 5.97 Å². The fourth-order valence-electron chi connectivity index (χ4n) is 2.55. The standard InChI is InChI=1S/C11H19NO2/c1-2-14-10(13)11(7-12)5-9(6-11)8-3-4-8/h8-9H,2-7,12H2,1H3. The van der Waals surface area contributed by atoms with E-state index in [4.69, 9.17) is 10.5 Å². The molecular formula is C11H19NO2. The molecule has 2 fully saturated rings. The number of hydrogen-bond donors (Lipinski definition) is 1. The summed E-state index contributed by atoms with van der Waals surface area (Å²) in [6.07, 6.45) is 4.64. The van der Waals surface area contributed by atoms with E-state index in [9.17, 15) is 4.79 Å². The molecule has 3 heteroatoms. The molecule has 3 nitrogen and oxygen atoms in total. The van der Waals surface area contributed by atoms with E-state index in [0.717, 1.165) is 24.7 Å². The summed E-state index contributed by atoms with van der Waals surface area (Å²) in [6, 6.07) is 0. The van der Waals surface area contributed by atoms with E-state index in [2.05, 4.69) is 0 Å². The minimum absolute atomic E-state index is 0.0700. The minimum Gasteiger partial charge on any atom is -0.466 e.